The molecule has 2 aliphatic rings. The highest BCUT2D eigenvalue weighted by molar-refractivity contribution is 5.90. The number of ether oxygens (including phenoxy) is 1. The molecule has 1 aromatic rings. The maximum absolute atomic E-state index is 13.1. The molecule has 1 heterocycles. The maximum Gasteiger partial charge on any atom is 0.410 e. The van der Waals surface area contributed by atoms with Gasteiger partial charge in [0.2, 0.25) is 5.91 Å². The van der Waals surface area contributed by atoms with Crippen LogP contribution in [0, 0.1) is 5.92 Å². The van der Waals surface area contributed by atoms with Gasteiger partial charge in [-0.15, -0.1) is 0 Å². The maximum atomic E-state index is 13.1. The highest BCUT2D eigenvalue weighted by Gasteiger charge is 2.41. The van der Waals surface area contributed by atoms with Gasteiger partial charge in [0.05, 0.1) is 5.54 Å². The third-order valence-electron chi connectivity index (χ3n) is 7.19. The predicted molar refractivity (Wildman–Crippen MR) is 136 cm³/mol. The lowest BCUT2D eigenvalue weighted by atomic mass is 9.84. The number of aliphatic carboxylic acids is 1. The minimum atomic E-state index is -1.00. The van der Waals surface area contributed by atoms with Gasteiger partial charge in [0.25, 0.3) is 0 Å². The monoisotopic (exact) mass is 503 g/mol. The van der Waals surface area contributed by atoms with Crippen LogP contribution in [0.1, 0.15) is 70.8 Å². The Labute approximate surface area is 214 Å². The van der Waals surface area contributed by atoms with Crippen molar-refractivity contribution in [3.63, 3.8) is 0 Å². The van der Waals surface area contributed by atoms with Crippen molar-refractivity contribution in [3.05, 3.63) is 35.9 Å². The van der Waals surface area contributed by atoms with Crippen LogP contribution in [0.5, 0.6) is 0 Å². The number of hydrogen-bond acceptors (Lipinski definition) is 6. The second kappa shape index (κ2) is 14.0. The van der Waals surface area contributed by atoms with Crippen molar-refractivity contribution in [3.8, 4) is 0 Å². The molecule has 0 bridgehead atoms. The number of hydrogen-bond donors (Lipinski definition) is 2. The lowest BCUT2D eigenvalue weighted by molar-refractivity contribution is -0.150. The van der Waals surface area contributed by atoms with E-state index in [2.05, 4.69) is 0 Å². The summed E-state index contributed by atoms with van der Waals surface area (Å²) in [5.74, 6) is -1.45. The zero-order valence-corrected chi connectivity index (χ0v) is 21.7. The summed E-state index contributed by atoms with van der Waals surface area (Å²) >= 11 is 0. The lowest BCUT2D eigenvalue weighted by Crippen LogP contribution is -2.54. The molecule has 2 amide bonds. The van der Waals surface area contributed by atoms with Gasteiger partial charge in [0, 0.05) is 13.6 Å². The molecule has 3 rings (SSSR count). The van der Waals surface area contributed by atoms with Crippen LogP contribution in [-0.4, -0.2) is 70.4 Å². The van der Waals surface area contributed by atoms with Gasteiger partial charge >= 0.3 is 12.1 Å². The first-order valence-electron chi connectivity index (χ1n) is 12.9. The molecular formula is C27H41N3O6. The highest BCUT2D eigenvalue weighted by Crippen LogP contribution is 2.25. The van der Waals surface area contributed by atoms with E-state index in [1.165, 1.54) is 23.3 Å². The molecule has 3 N–H and O–H groups in total. The Hall–Kier alpha value is -2.94. The van der Waals surface area contributed by atoms with Crippen molar-refractivity contribution < 1.29 is 29.0 Å². The summed E-state index contributed by atoms with van der Waals surface area (Å²) in [6.07, 6.45) is 7.34. The first-order chi connectivity index (χ1) is 17.1. The van der Waals surface area contributed by atoms with Gasteiger partial charge < -0.3 is 25.3 Å². The molecule has 1 saturated carbocycles. The molecule has 200 valence electrons. The average Bonchev–Trinajstić information content (AvgIpc) is 3.39. The van der Waals surface area contributed by atoms with Crippen LogP contribution in [0.2, 0.25) is 0 Å². The normalized spacial score (nSPS) is 20.3. The smallest absolute Gasteiger partial charge is 0.410 e. The first-order valence-corrected chi connectivity index (χ1v) is 12.9. The van der Waals surface area contributed by atoms with Gasteiger partial charge in [-0.2, -0.15) is 0 Å². The number of nitrogens with two attached hydrogens (primary N) is 1. The molecule has 0 spiro atoms. The van der Waals surface area contributed by atoms with Crippen molar-refractivity contribution >= 4 is 24.3 Å². The Kier molecular flexibility index (Phi) is 11.4. The van der Waals surface area contributed by atoms with E-state index in [1.807, 2.05) is 44.2 Å². The minimum absolute atomic E-state index is 0.118. The quantitative estimate of drug-likeness (QED) is 0.518. The summed E-state index contributed by atoms with van der Waals surface area (Å²) in [6.45, 7) is 4.34. The molecular weight excluding hydrogens is 462 g/mol. The Morgan fingerprint density at radius 2 is 1.83 bits per heavy atom. The fourth-order valence-electron chi connectivity index (χ4n) is 4.73. The average molecular weight is 504 g/mol. The fourth-order valence-corrected chi connectivity index (χ4v) is 4.73. The van der Waals surface area contributed by atoms with Crippen LogP contribution in [0.25, 0.3) is 0 Å². The van der Waals surface area contributed by atoms with Crippen LogP contribution in [0.4, 0.5) is 4.79 Å². The van der Waals surface area contributed by atoms with Crippen LogP contribution >= 0.6 is 0 Å². The van der Waals surface area contributed by atoms with Gasteiger partial charge in [-0.05, 0) is 37.2 Å². The third kappa shape index (κ3) is 8.05. The van der Waals surface area contributed by atoms with E-state index in [1.54, 1.807) is 0 Å². The number of carboxylic acid groups (broad SMARTS) is 1. The molecule has 1 aromatic carbocycles. The van der Waals surface area contributed by atoms with Crippen molar-refractivity contribution in [1.29, 1.82) is 0 Å². The van der Waals surface area contributed by atoms with Crippen LogP contribution in [-0.2, 0) is 25.7 Å². The number of carbonyl (C=O) groups excluding carboxylic acids is 3. The molecule has 9 heteroatoms. The predicted octanol–water partition coefficient (Wildman–Crippen LogP) is 3.59. The number of nitrogens with zero attached hydrogens (tertiary/aromatic N) is 2. The summed E-state index contributed by atoms with van der Waals surface area (Å²) in [4.78, 5) is 50.1. The topological polar surface area (TPSA) is 130 Å². The summed E-state index contributed by atoms with van der Waals surface area (Å²) in [6, 6.07) is 7.73. The summed E-state index contributed by atoms with van der Waals surface area (Å²) < 4.78 is 5.35. The number of carboxylic acids is 1. The number of likely N-dealkylation sites (N-methyl/N-ethyl adjacent to an activating group) is 1. The van der Waals surface area contributed by atoms with Gasteiger partial charge in [-0.25, -0.2) is 9.59 Å². The van der Waals surface area contributed by atoms with E-state index in [9.17, 15) is 24.3 Å². The first kappa shape index (κ1) is 29.3. The second-order valence-corrected chi connectivity index (χ2v) is 9.92. The van der Waals surface area contributed by atoms with Gasteiger partial charge in [0.15, 0.2) is 0 Å². The SMILES string of the molecule is CC[C@H](C)[C@H](C(=O)N1CCC[C@H]1C(=O)O)N(C)C(=O)OCc1ccccc1.NC1(C=O)CCCCC1. The van der Waals surface area contributed by atoms with Crippen LogP contribution < -0.4 is 5.73 Å². The van der Waals surface area contributed by atoms with Crippen LogP contribution in [0.15, 0.2) is 30.3 Å². The molecule has 3 atom stereocenters. The number of rotatable bonds is 8. The van der Waals surface area contributed by atoms with E-state index >= 15 is 0 Å². The van der Waals surface area contributed by atoms with Crippen molar-refractivity contribution in [2.24, 2.45) is 11.7 Å². The summed E-state index contributed by atoms with van der Waals surface area (Å²) in [5, 5.41) is 9.37. The number of amides is 2. The zero-order valence-electron chi connectivity index (χ0n) is 21.7. The second-order valence-electron chi connectivity index (χ2n) is 9.92. The molecule has 1 aliphatic carbocycles. The number of benzene rings is 1. The molecule has 2 fully saturated rings. The molecule has 0 unspecified atom stereocenters. The van der Waals surface area contributed by atoms with E-state index < -0.39 is 29.7 Å². The van der Waals surface area contributed by atoms with Gasteiger partial charge in [0.1, 0.15) is 25.0 Å². The number of likely N-dealkylation sites (tertiary alicyclic amines) is 1. The highest BCUT2D eigenvalue weighted by atomic mass is 16.6. The van der Waals surface area contributed by atoms with Crippen molar-refractivity contribution in [1.82, 2.24) is 9.80 Å². The molecule has 36 heavy (non-hydrogen) atoms. The lowest BCUT2D eigenvalue weighted by Gasteiger charge is -2.35. The summed E-state index contributed by atoms with van der Waals surface area (Å²) in [5.41, 5.74) is 6.09. The molecule has 0 radical (unpaired) electrons. The van der Waals surface area contributed by atoms with E-state index in [4.69, 9.17) is 10.5 Å². The Balaban J connectivity index is 0.000000425. The minimum Gasteiger partial charge on any atom is -0.480 e. The molecule has 1 saturated heterocycles. The van der Waals surface area contributed by atoms with E-state index in [0.717, 1.165) is 37.5 Å². The van der Waals surface area contributed by atoms with Crippen LogP contribution in [0.3, 0.4) is 0 Å². The Morgan fingerprint density at radius 3 is 2.36 bits per heavy atom. The standard InChI is InChI=1S/C20H28N2O5.C7H13NO/c1-4-14(2)17(18(23)22-12-8-11-16(22)19(24)25)21(3)20(26)27-13-15-9-6-5-7-10-15;8-7(6-9)4-2-1-3-5-7/h5-7,9-10,14,16-17H,4,8,11-13H2,1-3H3,(H,24,25);6H,1-5,8H2/t14-,16-,17+;/m0./s1. The summed E-state index contributed by atoms with van der Waals surface area (Å²) in [7, 11) is 1.54. The molecule has 9 nitrogen and oxygen atoms in total. The molecule has 0 aromatic heterocycles. The Bertz CT molecular complexity index is 872. The van der Waals surface area contributed by atoms with Crippen molar-refractivity contribution in [2.45, 2.75) is 89.4 Å². The largest absolute Gasteiger partial charge is 0.480 e. The molecule has 1 aliphatic heterocycles. The zero-order chi connectivity index (χ0) is 26.7. The van der Waals surface area contributed by atoms with Gasteiger partial charge in [-0.3, -0.25) is 9.69 Å². The number of aldehydes is 1. The number of carbonyl (C=O) groups is 4. The van der Waals surface area contributed by atoms with E-state index in [-0.39, 0.29) is 18.4 Å². The Morgan fingerprint density at radius 1 is 1.19 bits per heavy atom. The van der Waals surface area contributed by atoms with E-state index in [0.29, 0.717) is 25.8 Å². The van der Waals surface area contributed by atoms with Gasteiger partial charge in [-0.1, -0.05) is 69.9 Å². The third-order valence-corrected chi connectivity index (χ3v) is 7.19. The fraction of sp³-hybridized carbons (Fsp3) is 0.630. The van der Waals surface area contributed by atoms with Crippen molar-refractivity contribution in [2.75, 3.05) is 13.6 Å².